The van der Waals surface area contributed by atoms with Crippen LogP contribution >= 0.6 is 0 Å². The van der Waals surface area contributed by atoms with E-state index in [1.165, 1.54) is 43.7 Å². The number of fused-ring (bicyclic) bond motifs is 1. The van der Waals surface area contributed by atoms with Crippen LogP contribution in [-0.4, -0.2) is 36.1 Å². The molecule has 0 amide bonds. The first-order valence-corrected chi connectivity index (χ1v) is 6.65. The quantitative estimate of drug-likeness (QED) is 0.834. The Balaban J connectivity index is 1.64. The SMILES string of the molecule is Cc1ccncc1CN1CCC2CNCC2C1. The Labute approximate surface area is 103 Å². The Kier molecular flexibility index (Phi) is 3.12. The van der Waals surface area contributed by atoms with Gasteiger partial charge in [-0.3, -0.25) is 9.88 Å². The molecular formula is C14H21N3. The van der Waals surface area contributed by atoms with Crippen LogP contribution in [0.5, 0.6) is 0 Å². The van der Waals surface area contributed by atoms with E-state index in [0.29, 0.717) is 0 Å². The lowest BCUT2D eigenvalue weighted by molar-refractivity contribution is 0.142. The Bertz CT molecular complexity index is 391. The molecule has 2 fully saturated rings. The predicted molar refractivity (Wildman–Crippen MR) is 68.7 cm³/mol. The fourth-order valence-corrected chi connectivity index (χ4v) is 3.16. The highest BCUT2D eigenvalue weighted by molar-refractivity contribution is 5.21. The Hall–Kier alpha value is -0.930. The van der Waals surface area contributed by atoms with Crippen molar-refractivity contribution in [1.29, 1.82) is 0 Å². The highest BCUT2D eigenvalue weighted by Crippen LogP contribution is 2.27. The average Bonchev–Trinajstić information content (AvgIpc) is 2.79. The van der Waals surface area contributed by atoms with Gasteiger partial charge in [0.25, 0.3) is 0 Å². The van der Waals surface area contributed by atoms with Gasteiger partial charge in [0.1, 0.15) is 0 Å². The first-order valence-electron chi connectivity index (χ1n) is 6.65. The zero-order valence-electron chi connectivity index (χ0n) is 10.5. The molecule has 0 bridgehead atoms. The normalized spacial score (nSPS) is 29.2. The largest absolute Gasteiger partial charge is 0.316 e. The van der Waals surface area contributed by atoms with Gasteiger partial charge in [-0.25, -0.2) is 0 Å². The monoisotopic (exact) mass is 231 g/mol. The van der Waals surface area contributed by atoms with Crippen LogP contribution in [0.2, 0.25) is 0 Å². The highest BCUT2D eigenvalue weighted by atomic mass is 15.1. The molecule has 92 valence electrons. The molecular weight excluding hydrogens is 210 g/mol. The maximum Gasteiger partial charge on any atom is 0.0315 e. The van der Waals surface area contributed by atoms with Crippen LogP contribution < -0.4 is 5.32 Å². The fraction of sp³-hybridized carbons (Fsp3) is 0.643. The zero-order chi connectivity index (χ0) is 11.7. The smallest absolute Gasteiger partial charge is 0.0315 e. The van der Waals surface area contributed by atoms with Crippen molar-refractivity contribution in [3.05, 3.63) is 29.6 Å². The Morgan fingerprint density at radius 2 is 2.29 bits per heavy atom. The second-order valence-electron chi connectivity index (χ2n) is 5.50. The summed E-state index contributed by atoms with van der Waals surface area (Å²) >= 11 is 0. The summed E-state index contributed by atoms with van der Waals surface area (Å²) in [4.78, 5) is 6.83. The van der Waals surface area contributed by atoms with E-state index in [-0.39, 0.29) is 0 Å². The van der Waals surface area contributed by atoms with E-state index in [1.807, 2.05) is 12.4 Å². The minimum atomic E-state index is 0.876. The van der Waals surface area contributed by atoms with Gasteiger partial charge >= 0.3 is 0 Å². The zero-order valence-corrected chi connectivity index (χ0v) is 10.5. The number of nitrogens with one attached hydrogen (secondary N) is 1. The van der Waals surface area contributed by atoms with Crippen molar-refractivity contribution in [2.24, 2.45) is 11.8 Å². The van der Waals surface area contributed by atoms with E-state index in [1.54, 1.807) is 0 Å². The van der Waals surface area contributed by atoms with Gasteiger partial charge in [0.2, 0.25) is 0 Å². The van der Waals surface area contributed by atoms with Crippen molar-refractivity contribution in [1.82, 2.24) is 15.2 Å². The molecule has 17 heavy (non-hydrogen) atoms. The van der Waals surface area contributed by atoms with Crippen molar-refractivity contribution in [3.63, 3.8) is 0 Å². The summed E-state index contributed by atoms with van der Waals surface area (Å²) in [6.45, 7) is 8.21. The summed E-state index contributed by atoms with van der Waals surface area (Å²) in [7, 11) is 0. The third-order valence-electron chi connectivity index (χ3n) is 4.33. The molecule has 2 unspecified atom stereocenters. The standard InChI is InChI=1S/C14H21N3/c1-11-2-4-15-7-13(11)9-17-5-3-12-6-16-8-14(12)10-17/h2,4,7,12,14,16H,3,5-6,8-10H2,1H3. The molecule has 0 saturated carbocycles. The molecule has 2 saturated heterocycles. The van der Waals surface area contributed by atoms with Gasteiger partial charge in [0.15, 0.2) is 0 Å². The van der Waals surface area contributed by atoms with Crippen molar-refractivity contribution < 1.29 is 0 Å². The van der Waals surface area contributed by atoms with Gasteiger partial charge in [-0.2, -0.15) is 0 Å². The van der Waals surface area contributed by atoms with Gasteiger partial charge in [0.05, 0.1) is 0 Å². The molecule has 0 aromatic carbocycles. The second kappa shape index (κ2) is 4.75. The minimum absolute atomic E-state index is 0.876. The van der Waals surface area contributed by atoms with Crippen LogP contribution in [0, 0.1) is 18.8 Å². The molecule has 0 aliphatic carbocycles. The number of nitrogens with zero attached hydrogens (tertiary/aromatic N) is 2. The van der Waals surface area contributed by atoms with Crippen LogP contribution in [0.1, 0.15) is 17.5 Å². The number of likely N-dealkylation sites (tertiary alicyclic amines) is 1. The molecule has 2 aliphatic rings. The molecule has 1 aromatic heterocycles. The fourth-order valence-electron chi connectivity index (χ4n) is 3.16. The molecule has 2 aliphatic heterocycles. The van der Waals surface area contributed by atoms with Crippen molar-refractivity contribution in [2.45, 2.75) is 19.9 Å². The molecule has 2 atom stereocenters. The number of rotatable bonds is 2. The topological polar surface area (TPSA) is 28.2 Å². The third-order valence-corrected chi connectivity index (χ3v) is 4.33. The summed E-state index contributed by atoms with van der Waals surface area (Å²) in [5, 5.41) is 3.52. The van der Waals surface area contributed by atoms with Gasteiger partial charge in [-0.05, 0) is 62.0 Å². The molecule has 1 N–H and O–H groups in total. The summed E-state index contributed by atoms with van der Waals surface area (Å²) in [5.74, 6) is 1.81. The van der Waals surface area contributed by atoms with E-state index < -0.39 is 0 Å². The lowest BCUT2D eigenvalue weighted by Crippen LogP contribution is -2.39. The minimum Gasteiger partial charge on any atom is -0.316 e. The first-order chi connectivity index (χ1) is 8.33. The van der Waals surface area contributed by atoms with Gasteiger partial charge in [0, 0.05) is 25.5 Å². The van der Waals surface area contributed by atoms with Crippen LogP contribution in [0.4, 0.5) is 0 Å². The molecule has 1 aromatic rings. The maximum atomic E-state index is 4.24. The van der Waals surface area contributed by atoms with E-state index in [9.17, 15) is 0 Å². The molecule has 0 radical (unpaired) electrons. The molecule has 3 rings (SSSR count). The number of hydrogen-bond acceptors (Lipinski definition) is 3. The lowest BCUT2D eigenvalue weighted by Gasteiger charge is -2.34. The number of hydrogen-bond donors (Lipinski definition) is 1. The van der Waals surface area contributed by atoms with Gasteiger partial charge in [-0.15, -0.1) is 0 Å². The maximum absolute atomic E-state index is 4.24. The number of aryl methyl sites for hydroxylation is 1. The van der Waals surface area contributed by atoms with E-state index in [0.717, 1.165) is 18.4 Å². The molecule has 3 nitrogen and oxygen atoms in total. The first kappa shape index (κ1) is 11.2. The highest BCUT2D eigenvalue weighted by Gasteiger charge is 2.32. The van der Waals surface area contributed by atoms with Crippen molar-refractivity contribution in [2.75, 3.05) is 26.2 Å². The van der Waals surface area contributed by atoms with Crippen LogP contribution in [0.25, 0.3) is 0 Å². The average molecular weight is 231 g/mol. The Morgan fingerprint density at radius 3 is 3.18 bits per heavy atom. The molecule has 3 heterocycles. The van der Waals surface area contributed by atoms with E-state index >= 15 is 0 Å². The Morgan fingerprint density at radius 1 is 1.41 bits per heavy atom. The van der Waals surface area contributed by atoms with E-state index in [2.05, 4.69) is 28.2 Å². The summed E-state index contributed by atoms with van der Waals surface area (Å²) in [6.07, 6.45) is 5.26. The van der Waals surface area contributed by atoms with Crippen LogP contribution in [0.15, 0.2) is 18.5 Å². The van der Waals surface area contributed by atoms with Crippen LogP contribution in [0.3, 0.4) is 0 Å². The van der Waals surface area contributed by atoms with Gasteiger partial charge in [-0.1, -0.05) is 0 Å². The molecule has 0 spiro atoms. The predicted octanol–water partition coefficient (Wildman–Crippen LogP) is 1.43. The summed E-state index contributed by atoms with van der Waals surface area (Å²) < 4.78 is 0. The van der Waals surface area contributed by atoms with E-state index in [4.69, 9.17) is 0 Å². The lowest BCUT2D eigenvalue weighted by atomic mass is 9.88. The third kappa shape index (κ3) is 2.35. The number of aromatic nitrogens is 1. The summed E-state index contributed by atoms with van der Waals surface area (Å²) in [5.41, 5.74) is 2.75. The van der Waals surface area contributed by atoms with Crippen molar-refractivity contribution >= 4 is 0 Å². The summed E-state index contributed by atoms with van der Waals surface area (Å²) in [6, 6.07) is 2.11. The number of piperidine rings is 1. The van der Waals surface area contributed by atoms with Gasteiger partial charge < -0.3 is 5.32 Å². The van der Waals surface area contributed by atoms with Crippen molar-refractivity contribution in [3.8, 4) is 0 Å². The number of pyridine rings is 1. The second-order valence-corrected chi connectivity index (χ2v) is 5.50. The van der Waals surface area contributed by atoms with Crippen LogP contribution in [-0.2, 0) is 6.54 Å². The molecule has 3 heteroatoms.